The summed E-state index contributed by atoms with van der Waals surface area (Å²) in [6.45, 7) is 0.639. The Labute approximate surface area is 128 Å². The van der Waals surface area contributed by atoms with E-state index >= 15 is 0 Å². The highest BCUT2D eigenvalue weighted by molar-refractivity contribution is 9.10. The second-order valence-electron chi connectivity index (χ2n) is 4.65. The highest BCUT2D eigenvalue weighted by Crippen LogP contribution is 2.15. The van der Waals surface area contributed by atoms with Gasteiger partial charge < -0.3 is 5.32 Å². The zero-order chi connectivity index (χ0) is 14.8. The van der Waals surface area contributed by atoms with Crippen LogP contribution in [0, 0.1) is 0 Å². The van der Waals surface area contributed by atoms with Crippen LogP contribution >= 0.6 is 15.9 Å². The van der Waals surface area contributed by atoms with Crippen molar-refractivity contribution in [3.05, 3.63) is 73.2 Å². The fourth-order valence-corrected chi connectivity index (χ4v) is 2.36. The third-order valence-corrected chi connectivity index (χ3v) is 3.74. The Bertz CT molecular complexity index is 897. The smallest absolute Gasteiger partial charge is 0.270 e. The lowest BCUT2D eigenvalue weighted by Crippen LogP contribution is -2.18. The zero-order valence-corrected chi connectivity index (χ0v) is 12.5. The summed E-state index contributed by atoms with van der Waals surface area (Å²) < 4.78 is 1.03. The van der Waals surface area contributed by atoms with Crippen molar-refractivity contribution >= 4 is 32.4 Å². The van der Waals surface area contributed by atoms with Crippen molar-refractivity contribution in [1.82, 2.24) is 10.2 Å². The van der Waals surface area contributed by atoms with Crippen LogP contribution in [0.2, 0.25) is 0 Å². The van der Waals surface area contributed by atoms with Gasteiger partial charge in [0, 0.05) is 16.7 Å². The molecule has 106 valence electrons. The molecule has 0 bridgehead atoms. The highest BCUT2D eigenvalue weighted by atomic mass is 79.9. The molecule has 1 heterocycles. The lowest BCUT2D eigenvalue weighted by molar-refractivity contribution is 0.976. The molecule has 0 fully saturated rings. The number of hydrogen-bond acceptors (Lipinski definition) is 3. The molecule has 21 heavy (non-hydrogen) atoms. The molecule has 0 amide bonds. The lowest BCUT2D eigenvalue weighted by Gasteiger charge is -2.07. The predicted octanol–water partition coefficient (Wildman–Crippen LogP) is 2.59. The molecule has 3 N–H and O–H groups in total. The van der Waals surface area contributed by atoms with E-state index in [1.807, 2.05) is 24.3 Å². The molecule has 0 aliphatic rings. The molecule has 0 radical (unpaired) electrons. The quantitative estimate of drug-likeness (QED) is 0.682. The van der Waals surface area contributed by atoms with Crippen molar-refractivity contribution < 1.29 is 0 Å². The van der Waals surface area contributed by atoms with E-state index in [2.05, 4.69) is 31.4 Å². The molecule has 2 aromatic carbocycles. The van der Waals surface area contributed by atoms with Gasteiger partial charge in [0.25, 0.3) is 11.1 Å². The average molecular weight is 346 g/mol. The van der Waals surface area contributed by atoms with Crippen molar-refractivity contribution in [3.63, 3.8) is 0 Å². The molecular formula is C15H12BrN3O2. The molecule has 5 nitrogen and oxygen atoms in total. The van der Waals surface area contributed by atoms with Crippen LogP contribution in [0.5, 0.6) is 0 Å². The summed E-state index contributed by atoms with van der Waals surface area (Å²) in [6.07, 6.45) is 0. The SMILES string of the molecule is O=c1[nH][nH]c(=O)c2cc(NCc3ccc(Br)cc3)ccc12. The molecule has 0 saturated carbocycles. The Morgan fingerprint density at radius 3 is 2.29 bits per heavy atom. The summed E-state index contributed by atoms with van der Waals surface area (Å²) in [5.41, 5.74) is 1.31. The molecule has 3 aromatic rings. The van der Waals surface area contributed by atoms with E-state index in [0.717, 1.165) is 15.7 Å². The molecule has 0 saturated heterocycles. The number of benzene rings is 2. The summed E-state index contributed by atoms with van der Waals surface area (Å²) in [4.78, 5) is 23.3. The fourth-order valence-electron chi connectivity index (χ4n) is 2.09. The summed E-state index contributed by atoms with van der Waals surface area (Å²) in [5, 5.41) is 8.63. The minimum atomic E-state index is -0.308. The van der Waals surface area contributed by atoms with Crippen LogP contribution in [-0.4, -0.2) is 10.2 Å². The molecule has 3 rings (SSSR count). The molecule has 0 spiro atoms. The summed E-state index contributed by atoms with van der Waals surface area (Å²) >= 11 is 3.39. The minimum absolute atomic E-state index is 0.302. The Kier molecular flexibility index (Phi) is 3.62. The van der Waals surface area contributed by atoms with Crippen LogP contribution in [-0.2, 0) is 6.54 Å². The van der Waals surface area contributed by atoms with Gasteiger partial charge in [0.15, 0.2) is 0 Å². The number of fused-ring (bicyclic) bond motifs is 1. The first kappa shape index (κ1) is 13.6. The number of aromatic amines is 2. The first-order valence-corrected chi connectivity index (χ1v) is 7.16. The van der Waals surface area contributed by atoms with Crippen molar-refractivity contribution in [3.8, 4) is 0 Å². The second kappa shape index (κ2) is 5.57. The molecule has 1 aromatic heterocycles. The number of anilines is 1. The summed E-state index contributed by atoms with van der Waals surface area (Å²) in [7, 11) is 0. The highest BCUT2D eigenvalue weighted by Gasteiger charge is 2.04. The fraction of sp³-hybridized carbons (Fsp3) is 0.0667. The Morgan fingerprint density at radius 1 is 0.905 bits per heavy atom. The number of nitrogens with one attached hydrogen (secondary N) is 3. The van der Waals surface area contributed by atoms with Gasteiger partial charge in [-0.05, 0) is 35.9 Å². The first-order chi connectivity index (χ1) is 10.1. The second-order valence-corrected chi connectivity index (χ2v) is 5.56. The Balaban J connectivity index is 1.88. The van der Waals surface area contributed by atoms with E-state index in [9.17, 15) is 9.59 Å². The Morgan fingerprint density at radius 2 is 1.57 bits per heavy atom. The van der Waals surface area contributed by atoms with Gasteiger partial charge >= 0.3 is 0 Å². The van der Waals surface area contributed by atoms with Crippen molar-refractivity contribution in [2.24, 2.45) is 0 Å². The average Bonchev–Trinajstić information content (AvgIpc) is 2.50. The molecule has 0 aliphatic carbocycles. The van der Waals surface area contributed by atoms with Crippen molar-refractivity contribution in [2.75, 3.05) is 5.32 Å². The van der Waals surface area contributed by atoms with Gasteiger partial charge in [-0.15, -0.1) is 0 Å². The number of aromatic nitrogens is 2. The van der Waals surface area contributed by atoms with Gasteiger partial charge in [-0.1, -0.05) is 28.1 Å². The van der Waals surface area contributed by atoms with Gasteiger partial charge in [-0.2, -0.15) is 0 Å². The van der Waals surface area contributed by atoms with E-state index in [1.54, 1.807) is 18.2 Å². The van der Waals surface area contributed by atoms with E-state index in [4.69, 9.17) is 0 Å². The van der Waals surface area contributed by atoms with Crippen LogP contribution in [0.25, 0.3) is 10.8 Å². The maximum atomic E-state index is 11.7. The number of rotatable bonds is 3. The van der Waals surface area contributed by atoms with Crippen LogP contribution in [0.15, 0.2) is 56.5 Å². The van der Waals surface area contributed by atoms with Crippen LogP contribution in [0.4, 0.5) is 5.69 Å². The number of hydrogen-bond donors (Lipinski definition) is 3. The van der Waals surface area contributed by atoms with Crippen molar-refractivity contribution in [2.45, 2.75) is 6.54 Å². The molecule has 0 unspecified atom stereocenters. The van der Waals surface area contributed by atoms with Gasteiger partial charge in [-0.25, -0.2) is 0 Å². The summed E-state index contributed by atoms with van der Waals surface area (Å²) in [6, 6.07) is 13.1. The lowest BCUT2D eigenvalue weighted by atomic mass is 10.1. The molecule has 6 heteroatoms. The largest absolute Gasteiger partial charge is 0.381 e. The summed E-state index contributed by atoms with van der Waals surface area (Å²) in [5.74, 6) is 0. The van der Waals surface area contributed by atoms with E-state index in [-0.39, 0.29) is 11.1 Å². The van der Waals surface area contributed by atoms with Crippen molar-refractivity contribution in [1.29, 1.82) is 0 Å². The van der Waals surface area contributed by atoms with Crippen LogP contribution in [0.1, 0.15) is 5.56 Å². The number of H-pyrrole nitrogens is 2. The minimum Gasteiger partial charge on any atom is -0.381 e. The monoisotopic (exact) mass is 345 g/mol. The predicted molar refractivity (Wildman–Crippen MR) is 86.7 cm³/mol. The van der Waals surface area contributed by atoms with Gasteiger partial charge in [-0.3, -0.25) is 19.8 Å². The van der Waals surface area contributed by atoms with Crippen LogP contribution < -0.4 is 16.4 Å². The zero-order valence-electron chi connectivity index (χ0n) is 10.9. The van der Waals surface area contributed by atoms with Crippen LogP contribution in [0.3, 0.4) is 0 Å². The molecular weight excluding hydrogens is 334 g/mol. The topological polar surface area (TPSA) is 77.8 Å². The molecule has 0 aliphatic heterocycles. The van der Waals surface area contributed by atoms with E-state index < -0.39 is 0 Å². The van der Waals surface area contributed by atoms with Gasteiger partial charge in [0.05, 0.1) is 10.8 Å². The van der Waals surface area contributed by atoms with E-state index in [0.29, 0.717) is 17.3 Å². The molecule has 0 atom stereocenters. The standard InChI is InChI=1S/C15H12BrN3O2/c16-10-3-1-9(2-4-10)8-17-11-5-6-12-13(7-11)15(21)19-18-14(12)20/h1-7,17H,8H2,(H,18,20)(H,19,21). The van der Waals surface area contributed by atoms with Gasteiger partial charge in [0.2, 0.25) is 0 Å². The Hall–Kier alpha value is -2.34. The number of halogens is 1. The first-order valence-electron chi connectivity index (χ1n) is 6.36. The third kappa shape index (κ3) is 2.90. The van der Waals surface area contributed by atoms with E-state index in [1.165, 1.54) is 0 Å². The third-order valence-electron chi connectivity index (χ3n) is 3.21. The maximum absolute atomic E-state index is 11.7. The normalized spacial score (nSPS) is 10.7. The van der Waals surface area contributed by atoms with Gasteiger partial charge in [0.1, 0.15) is 0 Å². The maximum Gasteiger partial charge on any atom is 0.270 e.